The molecule has 1 unspecified atom stereocenters. The summed E-state index contributed by atoms with van der Waals surface area (Å²) in [5, 5.41) is 3.35. The second-order valence-corrected chi connectivity index (χ2v) is 5.21. The molecule has 104 valence electrons. The van der Waals surface area contributed by atoms with Crippen molar-refractivity contribution in [1.82, 2.24) is 15.2 Å². The van der Waals surface area contributed by atoms with E-state index in [9.17, 15) is 4.79 Å². The van der Waals surface area contributed by atoms with E-state index in [4.69, 9.17) is 0 Å². The van der Waals surface area contributed by atoms with Crippen molar-refractivity contribution >= 4 is 5.91 Å². The van der Waals surface area contributed by atoms with E-state index in [-0.39, 0.29) is 5.92 Å². The Bertz CT molecular complexity index is 386. The summed E-state index contributed by atoms with van der Waals surface area (Å²) in [7, 11) is 1.91. The van der Waals surface area contributed by atoms with Crippen molar-refractivity contribution in [3.05, 3.63) is 30.1 Å². The maximum Gasteiger partial charge on any atom is 0.225 e. The summed E-state index contributed by atoms with van der Waals surface area (Å²) < 4.78 is 0. The topological polar surface area (TPSA) is 45.2 Å². The minimum atomic E-state index is 0.198. The molecule has 19 heavy (non-hydrogen) atoms. The lowest BCUT2D eigenvalue weighted by molar-refractivity contribution is -0.134. The van der Waals surface area contributed by atoms with Gasteiger partial charge < -0.3 is 10.2 Å². The first kappa shape index (κ1) is 14.0. The number of nitrogens with zero attached hydrogens (tertiary/aromatic N) is 2. The zero-order chi connectivity index (χ0) is 13.5. The molecule has 1 aliphatic heterocycles. The third kappa shape index (κ3) is 4.31. The van der Waals surface area contributed by atoms with Gasteiger partial charge in [-0.15, -0.1) is 0 Å². The second kappa shape index (κ2) is 7.24. The molecule has 1 aromatic heterocycles. The molecule has 0 bridgehead atoms. The Hall–Kier alpha value is -1.42. The highest BCUT2D eigenvalue weighted by Gasteiger charge is 2.22. The molecule has 1 aromatic rings. The van der Waals surface area contributed by atoms with Gasteiger partial charge in [-0.2, -0.15) is 0 Å². The van der Waals surface area contributed by atoms with Crippen molar-refractivity contribution in [2.45, 2.75) is 25.7 Å². The van der Waals surface area contributed by atoms with Gasteiger partial charge in [0.25, 0.3) is 0 Å². The molecule has 1 aliphatic rings. The number of hydrogen-bond donors (Lipinski definition) is 1. The molecule has 0 radical (unpaired) electrons. The molecular weight excluding hydrogens is 238 g/mol. The van der Waals surface area contributed by atoms with E-state index in [1.54, 1.807) is 6.20 Å². The van der Waals surface area contributed by atoms with E-state index in [1.807, 2.05) is 30.1 Å². The maximum atomic E-state index is 12.3. The van der Waals surface area contributed by atoms with Gasteiger partial charge in [-0.05, 0) is 44.5 Å². The van der Waals surface area contributed by atoms with Crippen LogP contribution in [0.4, 0.5) is 0 Å². The number of rotatable bonds is 4. The fraction of sp³-hybridized carbons (Fsp3) is 0.600. The van der Waals surface area contributed by atoms with Crippen molar-refractivity contribution < 1.29 is 4.79 Å². The van der Waals surface area contributed by atoms with Gasteiger partial charge in [-0.25, -0.2) is 0 Å². The summed E-state index contributed by atoms with van der Waals surface area (Å²) in [6, 6.07) is 5.91. The Morgan fingerprint density at radius 1 is 1.42 bits per heavy atom. The van der Waals surface area contributed by atoms with Gasteiger partial charge in [0.05, 0.1) is 0 Å². The fourth-order valence-corrected chi connectivity index (χ4v) is 2.52. The van der Waals surface area contributed by atoms with Crippen LogP contribution in [0.3, 0.4) is 0 Å². The molecule has 0 saturated carbocycles. The van der Waals surface area contributed by atoms with E-state index in [2.05, 4.69) is 10.3 Å². The largest absolute Gasteiger partial charge is 0.345 e. The number of nitrogens with one attached hydrogen (secondary N) is 1. The summed E-state index contributed by atoms with van der Waals surface area (Å²) in [4.78, 5) is 18.5. The summed E-state index contributed by atoms with van der Waals surface area (Å²) in [5.74, 6) is 0.489. The van der Waals surface area contributed by atoms with Crippen molar-refractivity contribution in [2.75, 3.05) is 26.7 Å². The first-order valence-electron chi connectivity index (χ1n) is 7.13. The molecule has 0 aromatic carbocycles. The standard InChI is InChI=1S/C15H23N3O/c1-18(12-8-14-6-2-3-10-17-14)15(19)13-5-4-9-16-11-7-13/h2-3,6,10,13,16H,4-5,7-9,11-12H2,1H3. The smallest absolute Gasteiger partial charge is 0.225 e. The zero-order valence-electron chi connectivity index (χ0n) is 11.6. The molecule has 1 fully saturated rings. The van der Waals surface area contributed by atoms with Crippen LogP contribution in [-0.2, 0) is 11.2 Å². The third-order valence-corrected chi connectivity index (χ3v) is 3.73. The minimum absolute atomic E-state index is 0.198. The summed E-state index contributed by atoms with van der Waals surface area (Å²) >= 11 is 0. The average molecular weight is 261 g/mol. The van der Waals surface area contributed by atoms with Gasteiger partial charge in [0, 0.05) is 37.8 Å². The number of carbonyl (C=O) groups is 1. The number of likely N-dealkylation sites (N-methyl/N-ethyl adjacent to an activating group) is 1. The third-order valence-electron chi connectivity index (χ3n) is 3.73. The lowest BCUT2D eigenvalue weighted by Gasteiger charge is -2.22. The molecule has 1 atom stereocenters. The SMILES string of the molecule is CN(CCc1ccccn1)C(=O)C1CCCNCC1. The van der Waals surface area contributed by atoms with Gasteiger partial charge in [-0.1, -0.05) is 6.07 Å². The first-order chi connectivity index (χ1) is 9.27. The van der Waals surface area contributed by atoms with Gasteiger partial charge >= 0.3 is 0 Å². The number of pyridine rings is 1. The Morgan fingerprint density at radius 2 is 2.32 bits per heavy atom. The highest BCUT2D eigenvalue weighted by molar-refractivity contribution is 5.78. The fourth-order valence-electron chi connectivity index (χ4n) is 2.52. The second-order valence-electron chi connectivity index (χ2n) is 5.21. The van der Waals surface area contributed by atoms with Crippen LogP contribution in [0.5, 0.6) is 0 Å². The zero-order valence-corrected chi connectivity index (χ0v) is 11.6. The van der Waals surface area contributed by atoms with E-state index >= 15 is 0 Å². The normalized spacial score (nSPS) is 19.7. The Morgan fingerprint density at radius 3 is 3.11 bits per heavy atom. The van der Waals surface area contributed by atoms with Gasteiger partial charge in [0.1, 0.15) is 0 Å². The Labute approximate surface area is 115 Å². The van der Waals surface area contributed by atoms with Crippen LogP contribution >= 0.6 is 0 Å². The monoisotopic (exact) mass is 261 g/mol. The van der Waals surface area contributed by atoms with Crippen molar-refractivity contribution in [3.8, 4) is 0 Å². The number of amides is 1. The summed E-state index contributed by atoms with van der Waals surface area (Å²) in [6.07, 6.45) is 5.71. The van der Waals surface area contributed by atoms with Crippen LogP contribution in [0, 0.1) is 5.92 Å². The van der Waals surface area contributed by atoms with Crippen LogP contribution in [0.2, 0.25) is 0 Å². The molecule has 2 heterocycles. The lowest BCUT2D eigenvalue weighted by atomic mass is 9.99. The van der Waals surface area contributed by atoms with Gasteiger partial charge in [0.15, 0.2) is 0 Å². The van der Waals surface area contributed by atoms with Crippen molar-refractivity contribution in [3.63, 3.8) is 0 Å². The Kier molecular flexibility index (Phi) is 5.33. The average Bonchev–Trinajstić information content (AvgIpc) is 2.74. The van der Waals surface area contributed by atoms with Crippen molar-refractivity contribution in [1.29, 1.82) is 0 Å². The number of aromatic nitrogens is 1. The quantitative estimate of drug-likeness (QED) is 0.893. The molecule has 1 saturated heterocycles. The number of hydrogen-bond acceptors (Lipinski definition) is 3. The highest BCUT2D eigenvalue weighted by atomic mass is 16.2. The van der Waals surface area contributed by atoms with E-state index < -0.39 is 0 Å². The van der Waals surface area contributed by atoms with Crippen molar-refractivity contribution in [2.24, 2.45) is 5.92 Å². The molecule has 2 rings (SSSR count). The predicted molar refractivity (Wildman–Crippen MR) is 75.8 cm³/mol. The molecule has 0 spiro atoms. The molecule has 1 amide bonds. The molecule has 1 N–H and O–H groups in total. The van der Waals surface area contributed by atoms with Crippen LogP contribution < -0.4 is 5.32 Å². The first-order valence-corrected chi connectivity index (χ1v) is 7.13. The maximum absolute atomic E-state index is 12.3. The highest BCUT2D eigenvalue weighted by Crippen LogP contribution is 2.16. The predicted octanol–water partition coefficient (Wildman–Crippen LogP) is 1.47. The lowest BCUT2D eigenvalue weighted by Crippen LogP contribution is -2.35. The molecule has 0 aliphatic carbocycles. The molecule has 4 heteroatoms. The van der Waals surface area contributed by atoms with Crippen LogP contribution in [0.15, 0.2) is 24.4 Å². The van der Waals surface area contributed by atoms with Crippen LogP contribution in [0.1, 0.15) is 25.0 Å². The van der Waals surface area contributed by atoms with E-state index in [0.717, 1.165) is 51.0 Å². The molecular formula is C15H23N3O. The summed E-state index contributed by atoms with van der Waals surface area (Å²) in [5.41, 5.74) is 1.05. The summed E-state index contributed by atoms with van der Waals surface area (Å²) in [6.45, 7) is 2.76. The van der Waals surface area contributed by atoms with Crippen LogP contribution in [0.25, 0.3) is 0 Å². The van der Waals surface area contributed by atoms with Crippen LogP contribution in [-0.4, -0.2) is 42.5 Å². The Balaban J connectivity index is 1.81. The molecule has 4 nitrogen and oxygen atoms in total. The minimum Gasteiger partial charge on any atom is -0.345 e. The number of carbonyl (C=O) groups excluding carboxylic acids is 1. The van der Waals surface area contributed by atoms with Gasteiger partial charge in [-0.3, -0.25) is 9.78 Å². The van der Waals surface area contributed by atoms with E-state index in [0.29, 0.717) is 5.91 Å². The van der Waals surface area contributed by atoms with E-state index in [1.165, 1.54) is 0 Å². The van der Waals surface area contributed by atoms with Gasteiger partial charge in [0.2, 0.25) is 5.91 Å².